The minimum atomic E-state index is -0.267. The fourth-order valence-corrected chi connectivity index (χ4v) is 1.12. The molecule has 0 fully saturated rings. The van der Waals surface area contributed by atoms with Crippen molar-refractivity contribution in [3.63, 3.8) is 0 Å². The van der Waals surface area contributed by atoms with Gasteiger partial charge in [-0.15, -0.1) is 0 Å². The zero-order valence-corrected chi connectivity index (χ0v) is 7.93. The highest BCUT2D eigenvalue weighted by Crippen LogP contribution is 2.18. The molecule has 1 aromatic carbocycles. The van der Waals surface area contributed by atoms with Crippen molar-refractivity contribution in [1.82, 2.24) is 5.32 Å². The highest BCUT2D eigenvalue weighted by molar-refractivity contribution is 5.33. The van der Waals surface area contributed by atoms with E-state index in [1.807, 2.05) is 6.92 Å². The molecule has 0 aliphatic carbocycles. The molecule has 0 radical (unpaired) electrons. The maximum atomic E-state index is 12.8. The van der Waals surface area contributed by atoms with E-state index in [1.54, 1.807) is 13.2 Å². The lowest BCUT2D eigenvalue weighted by atomic mass is 10.2. The van der Waals surface area contributed by atoms with E-state index in [1.165, 1.54) is 12.1 Å². The van der Waals surface area contributed by atoms with Crippen molar-refractivity contribution in [1.29, 1.82) is 0 Å². The fourth-order valence-electron chi connectivity index (χ4n) is 1.12. The summed E-state index contributed by atoms with van der Waals surface area (Å²) in [5.41, 5.74) is 0.978. The lowest BCUT2D eigenvalue weighted by Crippen LogP contribution is -2.12. The van der Waals surface area contributed by atoms with Gasteiger partial charge < -0.3 is 10.1 Å². The molecule has 0 saturated carbocycles. The molecule has 0 spiro atoms. The average molecular weight is 183 g/mol. The Kier molecular flexibility index (Phi) is 3.71. The first-order chi connectivity index (χ1) is 6.27. The van der Waals surface area contributed by atoms with Crippen LogP contribution in [0.3, 0.4) is 0 Å². The molecule has 0 aliphatic rings. The van der Waals surface area contributed by atoms with Crippen LogP contribution in [0, 0.1) is 5.82 Å². The van der Waals surface area contributed by atoms with E-state index >= 15 is 0 Å². The molecule has 0 atom stereocenters. The van der Waals surface area contributed by atoms with Gasteiger partial charge in [0.05, 0.1) is 7.11 Å². The summed E-state index contributed by atoms with van der Waals surface area (Å²) in [7, 11) is 1.55. The van der Waals surface area contributed by atoms with Crippen LogP contribution >= 0.6 is 0 Å². The lowest BCUT2D eigenvalue weighted by molar-refractivity contribution is 0.404. The third kappa shape index (κ3) is 2.70. The van der Waals surface area contributed by atoms with E-state index in [0.717, 1.165) is 12.1 Å². The summed E-state index contributed by atoms with van der Waals surface area (Å²) < 4.78 is 17.8. The largest absolute Gasteiger partial charge is 0.496 e. The monoisotopic (exact) mass is 183 g/mol. The van der Waals surface area contributed by atoms with Gasteiger partial charge in [-0.1, -0.05) is 13.0 Å². The van der Waals surface area contributed by atoms with Crippen LogP contribution in [0.1, 0.15) is 12.5 Å². The van der Waals surface area contributed by atoms with Gasteiger partial charge in [-0.05, 0) is 12.6 Å². The van der Waals surface area contributed by atoms with Crippen molar-refractivity contribution in [2.45, 2.75) is 13.5 Å². The average Bonchev–Trinajstić information content (AvgIpc) is 2.16. The Morgan fingerprint density at radius 2 is 2.23 bits per heavy atom. The SMILES string of the molecule is CCNCc1ccc(F)cc1OC. The maximum Gasteiger partial charge on any atom is 0.126 e. The minimum Gasteiger partial charge on any atom is -0.496 e. The Hall–Kier alpha value is -1.09. The summed E-state index contributed by atoms with van der Waals surface area (Å²) in [6, 6.07) is 4.57. The van der Waals surface area contributed by atoms with E-state index in [0.29, 0.717) is 12.3 Å². The first-order valence-electron chi connectivity index (χ1n) is 4.31. The summed E-state index contributed by atoms with van der Waals surface area (Å²) in [4.78, 5) is 0. The smallest absolute Gasteiger partial charge is 0.126 e. The molecule has 2 nitrogen and oxygen atoms in total. The van der Waals surface area contributed by atoms with Crippen LogP contribution in [-0.2, 0) is 6.54 Å². The molecule has 0 aromatic heterocycles. The van der Waals surface area contributed by atoms with Gasteiger partial charge in [-0.3, -0.25) is 0 Å². The van der Waals surface area contributed by atoms with Gasteiger partial charge in [-0.25, -0.2) is 4.39 Å². The molecule has 0 amide bonds. The standard InChI is InChI=1S/C10H14FNO/c1-3-12-7-8-4-5-9(11)6-10(8)13-2/h4-6,12H,3,7H2,1-2H3. The summed E-state index contributed by atoms with van der Waals surface area (Å²) >= 11 is 0. The number of hydrogen-bond donors (Lipinski definition) is 1. The van der Waals surface area contributed by atoms with Gasteiger partial charge in [0.25, 0.3) is 0 Å². The molecule has 0 saturated heterocycles. The number of hydrogen-bond acceptors (Lipinski definition) is 2. The second kappa shape index (κ2) is 4.82. The molecular formula is C10H14FNO. The first kappa shape index (κ1) is 9.99. The Morgan fingerprint density at radius 1 is 1.46 bits per heavy atom. The summed E-state index contributed by atoms with van der Waals surface area (Å²) in [6.07, 6.45) is 0. The van der Waals surface area contributed by atoms with E-state index in [2.05, 4.69) is 5.32 Å². The lowest BCUT2D eigenvalue weighted by Gasteiger charge is -2.08. The predicted octanol–water partition coefficient (Wildman–Crippen LogP) is 1.94. The Bertz CT molecular complexity index is 276. The summed E-state index contributed by atoms with van der Waals surface area (Å²) in [5.74, 6) is 0.332. The molecule has 0 aliphatic heterocycles. The highest BCUT2D eigenvalue weighted by Gasteiger charge is 2.02. The van der Waals surface area contributed by atoms with Crippen molar-refractivity contribution < 1.29 is 9.13 Å². The minimum absolute atomic E-state index is 0.267. The van der Waals surface area contributed by atoms with Crippen LogP contribution in [-0.4, -0.2) is 13.7 Å². The summed E-state index contributed by atoms with van der Waals surface area (Å²) in [6.45, 7) is 3.62. The molecule has 1 rings (SSSR count). The van der Waals surface area contributed by atoms with E-state index < -0.39 is 0 Å². The predicted molar refractivity (Wildman–Crippen MR) is 50.3 cm³/mol. The fraction of sp³-hybridized carbons (Fsp3) is 0.400. The number of nitrogens with one attached hydrogen (secondary N) is 1. The molecule has 1 N–H and O–H groups in total. The van der Waals surface area contributed by atoms with Gasteiger partial charge in [0.1, 0.15) is 11.6 Å². The van der Waals surface area contributed by atoms with Crippen molar-refractivity contribution in [3.8, 4) is 5.75 Å². The van der Waals surface area contributed by atoms with Crippen LogP contribution in [0.4, 0.5) is 4.39 Å². The number of halogens is 1. The van der Waals surface area contributed by atoms with Gasteiger partial charge in [-0.2, -0.15) is 0 Å². The van der Waals surface area contributed by atoms with Crippen molar-refractivity contribution in [3.05, 3.63) is 29.6 Å². The van der Waals surface area contributed by atoms with Crippen molar-refractivity contribution >= 4 is 0 Å². The molecule has 0 heterocycles. The van der Waals surface area contributed by atoms with E-state index in [9.17, 15) is 4.39 Å². The number of methoxy groups -OCH3 is 1. The first-order valence-corrected chi connectivity index (χ1v) is 4.31. The Morgan fingerprint density at radius 3 is 2.85 bits per heavy atom. The molecular weight excluding hydrogens is 169 g/mol. The zero-order valence-electron chi connectivity index (χ0n) is 7.93. The van der Waals surface area contributed by atoms with E-state index in [4.69, 9.17) is 4.74 Å². The zero-order chi connectivity index (χ0) is 9.68. The summed E-state index contributed by atoms with van der Waals surface area (Å²) in [5, 5.41) is 3.16. The number of benzene rings is 1. The Balaban J connectivity index is 2.79. The molecule has 1 aromatic rings. The molecule has 0 bridgehead atoms. The van der Waals surface area contributed by atoms with Crippen LogP contribution in [0.25, 0.3) is 0 Å². The normalized spacial score (nSPS) is 10.1. The third-order valence-electron chi connectivity index (χ3n) is 1.81. The molecule has 72 valence electrons. The van der Waals surface area contributed by atoms with Gasteiger partial charge in [0.15, 0.2) is 0 Å². The highest BCUT2D eigenvalue weighted by atomic mass is 19.1. The van der Waals surface area contributed by atoms with Crippen LogP contribution < -0.4 is 10.1 Å². The van der Waals surface area contributed by atoms with E-state index in [-0.39, 0.29) is 5.82 Å². The third-order valence-corrected chi connectivity index (χ3v) is 1.81. The van der Waals surface area contributed by atoms with Crippen molar-refractivity contribution in [2.24, 2.45) is 0 Å². The van der Waals surface area contributed by atoms with Crippen LogP contribution in [0.2, 0.25) is 0 Å². The van der Waals surface area contributed by atoms with Gasteiger partial charge in [0, 0.05) is 18.2 Å². The Labute approximate surface area is 77.7 Å². The van der Waals surface area contributed by atoms with Crippen molar-refractivity contribution in [2.75, 3.05) is 13.7 Å². The second-order valence-corrected chi connectivity index (χ2v) is 2.74. The van der Waals surface area contributed by atoms with Gasteiger partial charge in [0.2, 0.25) is 0 Å². The molecule has 3 heteroatoms. The molecule has 0 unspecified atom stereocenters. The maximum absolute atomic E-state index is 12.8. The van der Waals surface area contributed by atoms with Crippen LogP contribution in [0.15, 0.2) is 18.2 Å². The van der Waals surface area contributed by atoms with Crippen LogP contribution in [0.5, 0.6) is 5.75 Å². The topological polar surface area (TPSA) is 21.3 Å². The quantitative estimate of drug-likeness (QED) is 0.770. The number of ether oxygens (including phenoxy) is 1. The number of rotatable bonds is 4. The van der Waals surface area contributed by atoms with Gasteiger partial charge >= 0.3 is 0 Å². The molecule has 13 heavy (non-hydrogen) atoms. The second-order valence-electron chi connectivity index (χ2n) is 2.74.